The van der Waals surface area contributed by atoms with Crippen molar-refractivity contribution in [3.8, 4) is 0 Å². The van der Waals surface area contributed by atoms with Crippen molar-refractivity contribution in [3.63, 3.8) is 0 Å². The molecule has 0 aliphatic carbocycles. The van der Waals surface area contributed by atoms with Crippen molar-refractivity contribution in [2.24, 2.45) is 0 Å². The summed E-state index contributed by atoms with van der Waals surface area (Å²) in [6, 6.07) is 9.49. The van der Waals surface area contributed by atoms with Crippen molar-refractivity contribution in [1.82, 2.24) is 9.21 Å². The van der Waals surface area contributed by atoms with Crippen LogP contribution >= 0.6 is 0 Å². The van der Waals surface area contributed by atoms with Gasteiger partial charge in [-0.3, -0.25) is 0 Å². The van der Waals surface area contributed by atoms with Crippen LogP contribution < -0.4 is 0 Å². The van der Waals surface area contributed by atoms with E-state index < -0.39 is 10.0 Å². The Morgan fingerprint density at radius 3 is 2.57 bits per heavy atom. The topological polar surface area (TPSA) is 66.9 Å². The van der Waals surface area contributed by atoms with Crippen molar-refractivity contribution in [1.29, 1.82) is 0 Å². The van der Waals surface area contributed by atoms with Gasteiger partial charge in [0.05, 0.1) is 5.75 Å². The molecule has 23 heavy (non-hydrogen) atoms. The second-order valence-corrected chi connectivity index (χ2v) is 7.68. The first-order valence-electron chi connectivity index (χ1n) is 7.96. The first-order chi connectivity index (χ1) is 11.0. The Bertz CT molecular complexity index is 604. The highest BCUT2D eigenvalue weighted by Gasteiger charge is 2.26. The van der Waals surface area contributed by atoms with Crippen molar-refractivity contribution >= 4 is 16.1 Å². The van der Waals surface area contributed by atoms with E-state index in [0.717, 1.165) is 5.56 Å². The minimum Gasteiger partial charge on any atom is -0.445 e. The maximum atomic E-state index is 12.1. The second-order valence-electron chi connectivity index (χ2n) is 5.60. The Morgan fingerprint density at radius 2 is 1.87 bits per heavy atom. The van der Waals surface area contributed by atoms with Gasteiger partial charge in [0.15, 0.2) is 0 Å². The Morgan fingerprint density at radius 1 is 1.13 bits per heavy atom. The summed E-state index contributed by atoms with van der Waals surface area (Å²) < 4.78 is 31.0. The highest BCUT2D eigenvalue weighted by atomic mass is 32.2. The molecule has 1 fully saturated rings. The van der Waals surface area contributed by atoms with Gasteiger partial charge in [0.25, 0.3) is 0 Å². The molecule has 0 atom stereocenters. The zero-order chi connectivity index (χ0) is 16.7. The largest absolute Gasteiger partial charge is 0.445 e. The number of amides is 1. The molecule has 0 unspecified atom stereocenters. The summed E-state index contributed by atoms with van der Waals surface area (Å²) in [4.78, 5) is 13.7. The smallest absolute Gasteiger partial charge is 0.410 e. The van der Waals surface area contributed by atoms with Gasteiger partial charge < -0.3 is 9.64 Å². The third-order valence-corrected chi connectivity index (χ3v) is 5.85. The van der Waals surface area contributed by atoms with Crippen LogP contribution in [0.1, 0.15) is 25.3 Å². The minimum atomic E-state index is -3.21. The number of rotatable bonds is 5. The van der Waals surface area contributed by atoms with Crippen molar-refractivity contribution in [2.75, 3.05) is 31.9 Å². The molecule has 1 aliphatic rings. The van der Waals surface area contributed by atoms with Gasteiger partial charge in [-0.05, 0) is 18.4 Å². The molecular weight excluding hydrogens is 316 g/mol. The van der Waals surface area contributed by atoms with Gasteiger partial charge in [-0.15, -0.1) is 0 Å². The Hall–Kier alpha value is -1.60. The summed E-state index contributed by atoms with van der Waals surface area (Å²) >= 11 is 0. The lowest BCUT2D eigenvalue weighted by Gasteiger charge is -2.21. The van der Waals surface area contributed by atoms with Crippen molar-refractivity contribution in [3.05, 3.63) is 35.9 Å². The van der Waals surface area contributed by atoms with Crippen LogP contribution in [0.2, 0.25) is 0 Å². The molecule has 1 aromatic rings. The van der Waals surface area contributed by atoms with E-state index in [1.165, 1.54) is 4.31 Å². The van der Waals surface area contributed by atoms with Crippen LogP contribution in [0.3, 0.4) is 0 Å². The molecule has 1 heterocycles. The summed E-state index contributed by atoms with van der Waals surface area (Å²) in [6.45, 7) is 3.77. The molecule has 1 amide bonds. The van der Waals surface area contributed by atoms with Crippen LogP contribution in [0.4, 0.5) is 4.79 Å². The summed E-state index contributed by atoms with van der Waals surface area (Å²) in [5.41, 5.74) is 0.933. The predicted molar refractivity (Wildman–Crippen MR) is 88.5 cm³/mol. The lowest BCUT2D eigenvalue weighted by atomic mass is 10.2. The summed E-state index contributed by atoms with van der Waals surface area (Å²) in [7, 11) is -3.21. The maximum absolute atomic E-state index is 12.1. The molecule has 128 valence electrons. The predicted octanol–water partition coefficient (Wildman–Crippen LogP) is 2.07. The van der Waals surface area contributed by atoms with E-state index in [9.17, 15) is 13.2 Å². The van der Waals surface area contributed by atoms with E-state index in [0.29, 0.717) is 39.0 Å². The maximum Gasteiger partial charge on any atom is 0.410 e. The first kappa shape index (κ1) is 17.7. The highest BCUT2D eigenvalue weighted by Crippen LogP contribution is 2.11. The summed E-state index contributed by atoms with van der Waals surface area (Å²) in [5.74, 6) is 0.158. The van der Waals surface area contributed by atoms with Gasteiger partial charge >= 0.3 is 6.09 Å². The molecule has 0 N–H and O–H groups in total. The lowest BCUT2D eigenvalue weighted by Crippen LogP contribution is -2.38. The molecule has 1 aromatic carbocycles. The highest BCUT2D eigenvalue weighted by molar-refractivity contribution is 7.89. The number of nitrogens with zero attached hydrogens (tertiary/aromatic N) is 2. The van der Waals surface area contributed by atoms with Crippen LogP contribution in [-0.2, 0) is 21.4 Å². The van der Waals surface area contributed by atoms with Gasteiger partial charge in [0.2, 0.25) is 10.0 Å². The van der Waals surface area contributed by atoms with Crippen LogP contribution in [0.5, 0.6) is 0 Å². The summed E-state index contributed by atoms with van der Waals surface area (Å²) in [6.07, 6.45) is 0.842. The average Bonchev–Trinajstić information content (AvgIpc) is 2.80. The van der Waals surface area contributed by atoms with Gasteiger partial charge in [0.1, 0.15) is 6.61 Å². The standard InChI is InChI=1S/C16H24N2O4S/c1-2-13-23(20,21)18-10-6-9-17(11-12-18)16(19)22-14-15-7-4-3-5-8-15/h3-5,7-8H,2,6,9-14H2,1H3. The van der Waals surface area contributed by atoms with E-state index in [1.54, 1.807) is 4.90 Å². The number of sulfonamides is 1. The number of benzene rings is 1. The molecule has 0 spiro atoms. The molecule has 0 bridgehead atoms. The van der Waals surface area contributed by atoms with Gasteiger partial charge in [-0.1, -0.05) is 37.3 Å². The average molecular weight is 340 g/mol. The molecule has 1 aliphatic heterocycles. The fourth-order valence-corrected chi connectivity index (χ4v) is 4.09. The van der Waals surface area contributed by atoms with E-state index in [1.807, 2.05) is 37.3 Å². The van der Waals surface area contributed by atoms with Crippen molar-refractivity contribution < 1.29 is 17.9 Å². The lowest BCUT2D eigenvalue weighted by molar-refractivity contribution is 0.0980. The number of carbonyl (C=O) groups excluding carboxylic acids is 1. The zero-order valence-electron chi connectivity index (χ0n) is 13.5. The molecule has 1 saturated heterocycles. The van der Waals surface area contributed by atoms with Gasteiger partial charge in [-0.2, -0.15) is 0 Å². The van der Waals surface area contributed by atoms with E-state index in [2.05, 4.69) is 0 Å². The molecule has 7 heteroatoms. The summed E-state index contributed by atoms with van der Waals surface area (Å²) in [5, 5.41) is 0. The van der Waals surface area contributed by atoms with E-state index in [-0.39, 0.29) is 18.5 Å². The minimum absolute atomic E-state index is 0.158. The quantitative estimate of drug-likeness (QED) is 0.823. The third kappa shape index (κ3) is 5.21. The monoisotopic (exact) mass is 340 g/mol. The van der Waals surface area contributed by atoms with Crippen LogP contribution in [0.25, 0.3) is 0 Å². The number of hydrogen-bond acceptors (Lipinski definition) is 4. The SMILES string of the molecule is CCCS(=O)(=O)N1CCCN(C(=O)OCc2ccccc2)CC1. The molecule has 2 rings (SSSR count). The van der Waals surface area contributed by atoms with Gasteiger partial charge in [0, 0.05) is 26.2 Å². The Balaban J connectivity index is 1.86. The van der Waals surface area contributed by atoms with Gasteiger partial charge in [-0.25, -0.2) is 17.5 Å². The van der Waals surface area contributed by atoms with Crippen molar-refractivity contribution in [2.45, 2.75) is 26.4 Å². The first-order valence-corrected chi connectivity index (χ1v) is 9.57. The second kappa shape index (κ2) is 8.31. The molecular formula is C16H24N2O4S. The van der Waals surface area contributed by atoms with E-state index in [4.69, 9.17) is 4.74 Å². The zero-order valence-corrected chi connectivity index (χ0v) is 14.3. The fraction of sp³-hybridized carbons (Fsp3) is 0.562. The number of carbonyl (C=O) groups is 1. The normalized spacial score (nSPS) is 16.8. The van der Waals surface area contributed by atoms with Crippen LogP contribution in [0, 0.1) is 0 Å². The Labute approximate surface area is 138 Å². The Kier molecular flexibility index (Phi) is 6.41. The number of hydrogen-bond donors (Lipinski definition) is 0. The molecule has 0 aromatic heterocycles. The van der Waals surface area contributed by atoms with Crippen LogP contribution in [0.15, 0.2) is 30.3 Å². The van der Waals surface area contributed by atoms with E-state index >= 15 is 0 Å². The number of ether oxygens (including phenoxy) is 1. The molecule has 0 saturated carbocycles. The third-order valence-electron chi connectivity index (χ3n) is 3.77. The fourth-order valence-electron chi connectivity index (χ4n) is 2.55. The van der Waals surface area contributed by atoms with Crippen LogP contribution in [-0.4, -0.2) is 55.6 Å². The molecule has 6 nitrogen and oxygen atoms in total. The molecule has 0 radical (unpaired) electrons.